The van der Waals surface area contributed by atoms with Crippen molar-refractivity contribution in [2.24, 2.45) is 5.73 Å². The summed E-state index contributed by atoms with van der Waals surface area (Å²) in [6.45, 7) is 1.22. The predicted octanol–water partition coefficient (Wildman–Crippen LogP) is 1.28. The van der Waals surface area contributed by atoms with Crippen LogP contribution in [0.5, 0.6) is 0 Å². The van der Waals surface area contributed by atoms with Gasteiger partial charge in [-0.05, 0) is 12.0 Å². The zero-order valence-electron chi connectivity index (χ0n) is 13.3. The van der Waals surface area contributed by atoms with E-state index in [1.807, 2.05) is 23.1 Å². The number of carbonyl (C=O) groups excluding carboxylic acids is 1. The minimum absolute atomic E-state index is 0. The Labute approximate surface area is 153 Å². The number of thioether (sulfide) groups is 1. The van der Waals surface area contributed by atoms with Gasteiger partial charge in [0.25, 0.3) is 0 Å². The third-order valence-corrected chi connectivity index (χ3v) is 7.85. The quantitative estimate of drug-likeness (QED) is 0.837. The molecule has 2 aliphatic heterocycles. The summed E-state index contributed by atoms with van der Waals surface area (Å²) in [4.78, 5) is 14.2. The Kier molecular flexibility index (Phi) is 6.59. The Morgan fingerprint density at radius 3 is 2.58 bits per heavy atom. The minimum Gasteiger partial charge on any atom is -0.340 e. The summed E-state index contributed by atoms with van der Waals surface area (Å²) >= 11 is 1.47. The van der Waals surface area contributed by atoms with Crippen molar-refractivity contribution in [1.29, 1.82) is 0 Å². The second-order valence-electron chi connectivity index (χ2n) is 6.32. The van der Waals surface area contributed by atoms with Crippen LogP contribution in [-0.4, -0.2) is 60.9 Å². The van der Waals surface area contributed by atoms with Gasteiger partial charge in [0, 0.05) is 30.3 Å². The maximum Gasteiger partial charge on any atom is 0.232 e. The number of halogens is 1. The van der Waals surface area contributed by atoms with Crippen LogP contribution in [-0.2, 0) is 14.6 Å². The molecule has 0 radical (unpaired) electrons. The number of sulfone groups is 1. The molecule has 0 bridgehead atoms. The number of hydrogen-bond donors (Lipinski definition) is 1. The van der Waals surface area contributed by atoms with Crippen molar-refractivity contribution in [3.8, 4) is 0 Å². The molecule has 134 valence electrons. The van der Waals surface area contributed by atoms with Crippen molar-refractivity contribution in [2.45, 2.75) is 23.6 Å². The third-order valence-electron chi connectivity index (χ3n) is 4.58. The van der Waals surface area contributed by atoms with E-state index >= 15 is 0 Å². The van der Waals surface area contributed by atoms with Crippen LogP contribution in [0.25, 0.3) is 0 Å². The van der Waals surface area contributed by atoms with Gasteiger partial charge in [-0.25, -0.2) is 8.42 Å². The van der Waals surface area contributed by atoms with Crippen LogP contribution in [0.1, 0.15) is 17.9 Å². The van der Waals surface area contributed by atoms with Gasteiger partial charge in [0.2, 0.25) is 5.91 Å². The molecule has 1 unspecified atom stereocenters. The molecule has 5 nitrogen and oxygen atoms in total. The van der Waals surface area contributed by atoms with Crippen LogP contribution in [0.2, 0.25) is 0 Å². The number of carbonyl (C=O) groups is 1. The van der Waals surface area contributed by atoms with E-state index in [1.54, 1.807) is 0 Å². The fourth-order valence-corrected chi connectivity index (χ4v) is 6.80. The highest BCUT2D eigenvalue weighted by molar-refractivity contribution is 8.02. The first-order valence-corrected chi connectivity index (χ1v) is 10.7. The minimum atomic E-state index is -2.88. The molecular formula is C16H23ClN2O3S2. The summed E-state index contributed by atoms with van der Waals surface area (Å²) in [6, 6.07) is 10.0. The monoisotopic (exact) mass is 390 g/mol. The highest BCUT2D eigenvalue weighted by Gasteiger charge is 2.34. The normalized spacial score (nSPS) is 28.5. The lowest BCUT2D eigenvalue weighted by molar-refractivity contribution is -0.127. The fraction of sp³-hybridized carbons (Fsp3) is 0.562. The summed E-state index contributed by atoms with van der Waals surface area (Å²) in [7, 11) is -2.88. The summed E-state index contributed by atoms with van der Waals surface area (Å²) < 4.78 is 22.9. The largest absolute Gasteiger partial charge is 0.340 e. The molecule has 1 amide bonds. The fourth-order valence-electron chi connectivity index (χ4n) is 3.26. The summed E-state index contributed by atoms with van der Waals surface area (Å²) in [5.41, 5.74) is 7.38. The van der Waals surface area contributed by atoms with Gasteiger partial charge in [0.1, 0.15) is 0 Å². The maximum absolute atomic E-state index is 12.4. The van der Waals surface area contributed by atoms with Gasteiger partial charge in [-0.3, -0.25) is 4.79 Å². The van der Waals surface area contributed by atoms with Gasteiger partial charge in [-0.2, -0.15) is 0 Å². The lowest BCUT2D eigenvalue weighted by Gasteiger charge is -2.17. The van der Waals surface area contributed by atoms with E-state index in [-0.39, 0.29) is 47.0 Å². The number of amides is 1. The molecule has 2 fully saturated rings. The molecule has 3 rings (SSSR count). The van der Waals surface area contributed by atoms with E-state index in [0.717, 1.165) is 0 Å². The Bertz CT molecular complexity index is 669. The molecular weight excluding hydrogens is 368 g/mol. The molecule has 0 aliphatic carbocycles. The molecule has 2 heterocycles. The lowest BCUT2D eigenvalue weighted by atomic mass is 9.95. The van der Waals surface area contributed by atoms with Gasteiger partial charge >= 0.3 is 0 Å². The van der Waals surface area contributed by atoms with Crippen LogP contribution in [0.4, 0.5) is 0 Å². The summed E-state index contributed by atoms with van der Waals surface area (Å²) in [5.74, 6) is 1.04. The topological polar surface area (TPSA) is 80.5 Å². The first-order valence-electron chi connectivity index (χ1n) is 7.85. The van der Waals surface area contributed by atoms with Crippen LogP contribution in [0, 0.1) is 0 Å². The van der Waals surface area contributed by atoms with E-state index in [1.165, 1.54) is 17.3 Å². The zero-order valence-corrected chi connectivity index (χ0v) is 15.8. The van der Waals surface area contributed by atoms with E-state index in [2.05, 4.69) is 12.1 Å². The zero-order chi connectivity index (χ0) is 16.4. The molecule has 1 aromatic rings. The van der Waals surface area contributed by atoms with E-state index < -0.39 is 9.84 Å². The maximum atomic E-state index is 12.4. The highest BCUT2D eigenvalue weighted by atomic mass is 35.5. The van der Waals surface area contributed by atoms with E-state index in [9.17, 15) is 13.2 Å². The van der Waals surface area contributed by atoms with E-state index in [0.29, 0.717) is 25.3 Å². The molecule has 2 N–H and O–H groups in total. The molecule has 8 heteroatoms. The Morgan fingerprint density at radius 2 is 1.96 bits per heavy atom. The molecule has 1 aromatic carbocycles. The first kappa shape index (κ1) is 19.6. The summed E-state index contributed by atoms with van der Waals surface area (Å²) in [5, 5.41) is 0.0603. The number of benzene rings is 1. The summed E-state index contributed by atoms with van der Waals surface area (Å²) in [6.07, 6.45) is 0.659. The first-order chi connectivity index (χ1) is 10.9. The standard InChI is InChI=1S/C16H22N2O3S2.ClH/c17-15-9-18(8-14(15)12-4-2-1-3-5-12)16(19)10-22-13-6-7-23(20,21)11-13;/h1-5,13-15H,6-11,17H2;1H/t13?,14-,15+;/m0./s1. The molecule has 0 spiro atoms. The molecule has 0 aromatic heterocycles. The number of nitrogens with two attached hydrogens (primary N) is 1. The lowest BCUT2D eigenvalue weighted by Crippen LogP contribution is -2.33. The van der Waals surface area contributed by atoms with Crippen LogP contribution in [0.15, 0.2) is 30.3 Å². The second-order valence-corrected chi connectivity index (χ2v) is 9.83. The number of likely N-dealkylation sites (tertiary alicyclic amines) is 1. The van der Waals surface area contributed by atoms with Gasteiger partial charge in [0.15, 0.2) is 9.84 Å². The second kappa shape index (κ2) is 8.08. The average Bonchev–Trinajstić information content (AvgIpc) is 3.08. The van der Waals surface area contributed by atoms with Crippen molar-refractivity contribution >= 4 is 39.9 Å². The number of hydrogen-bond acceptors (Lipinski definition) is 5. The van der Waals surface area contributed by atoms with Crippen molar-refractivity contribution in [1.82, 2.24) is 4.90 Å². The molecule has 0 saturated carbocycles. The van der Waals surface area contributed by atoms with Crippen molar-refractivity contribution in [2.75, 3.05) is 30.3 Å². The highest BCUT2D eigenvalue weighted by Crippen LogP contribution is 2.28. The Hall–Kier alpha value is -0.760. The van der Waals surface area contributed by atoms with Gasteiger partial charge in [0.05, 0.1) is 17.3 Å². The molecule has 24 heavy (non-hydrogen) atoms. The van der Waals surface area contributed by atoms with Gasteiger partial charge in [-0.15, -0.1) is 24.2 Å². The van der Waals surface area contributed by atoms with Crippen LogP contribution in [0.3, 0.4) is 0 Å². The van der Waals surface area contributed by atoms with Crippen LogP contribution < -0.4 is 5.73 Å². The Morgan fingerprint density at radius 1 is 1.25 bits per heavy atom. The smallest absolute Gasteiger partial charge is 0.232 e. The average molecular weight is 391 g/mol. The van der Waals surface area contributed by atoms with Crippen molar-refractivity contribution in [3.05, 3.63) is 35.9 Å². The van der Waals surface area contributed by atoms with Crippen molar-refractivity contribution < 1.29 is 13.2 Å². The SMILES string of the molecule is Cl.N[C@@H]1CN(C(=O)CSC2CCS(=O)(=O)C2)C[C@H]1c1ccccc1. The third kappa shape index (κ3) is 4.65. The molecule has 2 aliphatic rings. The predicted molar refractivity (Wildman–Crippen MR) is 101 cm³/mol. The number of rotatable bonds is 4. The van der Waals surface area contributed by atoms with Gasteiger partial charge < -0.3 is 10.6 Å². The van der Waals surface area contributed by atoms with Crippen LogP contribution >= 0.6 is 24.2 Å². The molecule has 3 atom stereocenters. The number of nitrogens with zero attached hydrogens (tertiary/aromatic N) is 1. The Balaban J connectivity index is 0.00000208. The molecule has 2 saturated heterocycles. The van der Waals surface area contributed by atoms with E-state index in [4.69, 9.17) is 5.73 Å². The van der Waals surface area contributed by atoms with Gasteiger partial charge in [-0.1, -0.05) is 30.3 Å². The van der Waals surface area contributed by atoms with Crippen molar-refractivity contribution in [3.63, 3.8) is 0 Å².